The van der Waals surface area contributed by atoms with Gasteiger partial charge in [0.25, 0.3) is 0 Å². The Labute approximate surface area is 129 Å². The summed E-state index contributed by atoms with van der Waals surface area (Å²) >= 11 is 0. The summed E-state index contributed by atoms with van der Waals surface area (Å²) in [6, 6.07) is -1.74. The molecule has 22 heavy (non-hydrogen) atoms. The highest BCUT2D eigenvalue weighted by Gasteiger charge is 2.25. The maximum absolute atomic E-state index is 11.6. The van der Waals surface area contributed by atoms with Gasteiger partial charge in [-0.2, -0.15) is 0 Å². The molecule has 0 spiro atoms. The Morgan fingerprint density at radius 2 is 1.59 bits per heavy atom. The molecule has 9 nitrogen and oxygen atoms in total. The van der Waals surface area contributed by atoms with Crippen molar-refractivity contribution in [2.75, 3.05) is 13.1 Å². The highest BCUT2D eigenvalue weighted by Crippen LogP contribution is 2.07. The van der Waals surface area contributed by atoms with Crippen molar-refractivity contribution in [3.05, 3.63) is 0 Å². The molecule has 9 heteroatoms. The van der Waals surface area contributed by atoms with Crippen molar-refractivity contribution < 1.29 is 24.3 Å². The van der Waals surface area contributed by atoms with E-state index < -0.39 is 35.8 Å². The molecule has 0 rings (SSSR count). The highest BCUT2D eigenvalue weighted by atomic mass is 16.4. The minimum Gasteiger partial charge on any atom is -0.480 e. The Bertz CT molecular complexity index is 425. The van der Waals surface area contributed by atoms with E-state index in [-0.39, 0.29) is 19.0 Å². The number of carbonyl (C=O) groups excluding carboxylic acids is 3. The first kappa shape index (κ1) is 19.8. The van der Waals surface area contributed by atoms with E-state index in [1.165, 1.54) is 6.92 Å². The Morgan fingerprint density at radius 1 is 1.05 bits per heavy atom. The molecule has 126 valence electrons. The van der Waals surface area contributed by atoms with Crippen LogP contribution < -0.4 is 21.7 Å². The lowest BCUT2D eigenvalue weighted by atomic mass is 9.99. The van der Waals surface area contributed by atoms with E-state index in [4.69, 9.17) is 10.8 Å². The maximum Gasteiger partial charge on any atom is 0.326 e. The van der Waals surface area contributed by atoms with Gasteiger partial charge in [0.2, 0.25) is 17.7 Å². The van der Waals surface area contributed by atoms with Crippen molar-refractivity contribution in [2.24, 2.45) is 11.7 Å². The summed E-state index contributed by atoms with van der Waals surface area (Å²) in [5.41, 5.74) is 5.31. The number of nitrogens with two attached hydrogens (primary N) is 1. The minimum atomic E-state index is -1.13. The van der Waals surface area contributed by atoms with Crippen LogP contribution >= 0.6 is 0 Å². The van der Waals surface area contributed by atoms with E-state index in [9.17, 15) is 19.2 Å². The number of rotatable bonds is 9. The fourth-order valence-corrected chi connectivity index (χ4v) is 1.48. The fraction of sp³-hybridized carbons (Fsp3) is 0.692. The van der Waals surface area contributed by atoms with Crippen LogP contribution in [0.25, 0.3) is 0 Å². The van der Waals surface area contributed by atoms with E-state index in [2.05, 4.69) is 16.0 Å². The molecule has 0 aromatic heterocycles. The molecule has 0 radical (unpaired) electrons. The summed E-state index contributed by atoms with van der Waals surface area (Å²) in [5, 5.41) is 16.0. The third kappa shape index (κ3) is 7.58. The number of nitrogens with one attached hydrogen (secondary N) is 3. The molecule has 0 aliphatic carbocycles. The lowest BCUT2D eigenvalue weighted by Gasteiger charge is -2.20. The van der Waals surface area contributed by atoms with Crippen LogP contribution in [0.3, 0.4) is 0 Å². The molecule has 3 atom stereocenters. The van der Waals surface area contributed by atoms with Crippen molar-refractivity contribution in [1.29, 1.82) is 0 Å². The van der Waals surface area contributed by atoms with Gasteiger partial charge < -0.3 is 26.8 Å². The van der Waals surface area contributed by atoms with Crippen LogP contribution in [-0.4, -0.2) is 54.0 Å². The van der Waals surface area contributed by atoms with Crippen molar-refractivity contribution in [2.45, 2.75) is 39.3 Å². The molecule has 0 aromatic carbocycles. The molecule has 3 unspecified atom stereocenters. The SMILES string of the molecule is CCC(C)C(NC(=O)CNC(=O)CNC(=O)C(C)N)C(=O)O. The van der Waals surface area contributed by atoms with Crippen molar-refractivity contribution in [1.82, 2.24) is 16.0 Å². The molecule has 0 saturated heterocycles. The number of carbonyl (C=O) groups is 4. The smallest absolute Gasteiger partial charge is 0.326 e. The van der Waals surface area contributed by atoms with Crippen LogP contribution in [0.4, 0.5) is 0 Å². The average Bonchev–Trinajstić information content (AvgIpc) is 2.46. The van der Waals surface area contributed by atoms with E-state index in [0.29, 0.717) is 6.42 Å². The molecule has 0 aromatic rings. The summed E-state index contributed by atoms with van der Waals surface area (Å²) in [7, 11) is 0. The van der Waals surface area contributed by atoms with Crippen LogP contribution in [0.1, 0.15) is 27.2 Å². The first-order valence-electron chi connectivity index (χ1n) is 7.01. The summed E-state index contributed by atoms with van der Waals surface area (Å²) in [5.74, 6) is -3.03. The third-order valence-electron chi connectivity index (χ3n) is 3.08. The minimum absolute atomic E-state index is 0.234. The molecule has 0 heterocycles. The zero-order chi connectivity index (χ0) is 17.3. The molecular formula is C13H24N4O5. The largest absolute Gasteiger partial charge is 0.480 e. The molecule has 6 N–H and O–H groups in total. The summed E-state index contributed by atoms with van der Waals surface area (Å²) in [6.07, 6.45) is 0.590. The number of hydrogen-bond donors (Lipinski definition) is 5. The Balaban J connectivity index is 4.19. The Hall–Kier alpha value is -2.16. The molecule has 0 aliphatic heterocycles. The monoisotopic (exact) mass is 316 g/mol. The van der Waals surface area contributed by atoms with Gasteiger partial charge in [0.1, 0.15) is 6.04 Å². The lowest BCUT2D eigenvalue weighted by molar-refractivity contribution is -0.143. The molecule has 3 amide bonds. The van der Waals surface area contributed by atoms with Crippen LogP contribution in [0.5, 0.6) is 0 Å². The second kappa shape index (κ2) is 9.72. The third-order valence-corrected chi connectivity index (χ3v) is 3.08. The zero-order valence-corrected chi connectivity index (χ0v) is 13.0. The van der Waals surface area contributed by atoms with E-state index in [0.717, 1.165) is 0 Å². The predicted octanol–water partition coefficient (Wildman–Crippen LogP) is -1.82. The van der Waals surface area contributed by atoms with E-state index >= 15 is 0 Å². The van der Waals surface area contributed by atoms with Gasteiger partial charge in [0, 0.05) is 0 Å². The molecule has 0 aliphatic rings. The number of carboxylic acids is 1. The van der Waals surface area contributed by atoms with E-state index in [1.54, 1.807) is 6.92 Å². The summed E-state index contributed by atoms with van der Waals surface area (Å²) < 4.78 is 0. The second-order valence-electron chi connectivity index (χ2n) is 5.05. The van der Waals surface area contributed by atoms with Gasteiger partial charge in [-0.1, -0.05) is 20.3 Å². The Morgan fingerprint density at radius 3 is 2.05 bits per heavy atom. The normalized spacial score (nSPS) is 14.4. The van der Waals surface area contributed by atoms with Crippen LogP contribution in [0.15, 0.2) is 0 Å². The topological polar surface area (TPSA) is 151 Å². The molecule has 0 saturated carbocycles. The predicted molar refractivity (Wildman–Crippen MR) is 78.7 cm³/mol. The highest BCUT2D eigenvalue weighted by molar-refractivity contribution is 5.90. The van der Waals surface area contributed by atoms with E-state index in [1.807, 2.05) is 6.92 Å². The zero-order valence-electron chi connectivity index (χ0n) is 13.0. The standard InChI is InChI=1S/C13H24N4O5/c1-4-7(2)11(13(21)22)17-10(19)6-15-9(18)5-16-12(20)8(3)14/h7-8,11H,4-6,14H2,1-3H3,(H,15,18)(H,16,20)(H,17,19)(H,21,22). The molecule has 0 bridgehead atoms. The summed E-state index contributed by atoms with van der Waals surface area (Å²) in [4.78, 5) is 45.3. The first-order valence-corrected chi connectivity index (χ1v) is 7.01. The number of amides is 3. The number of carboxylic acid groups (broad SMARTS) is 1. The van der Waals surface area contributed by atoms with Gasteiger partial charge in [-0.25, -0.2) is 4.79 Å². The lowest BCUT2D eigenvalue weighted by Crippen LogP contribution is -2.49. The number of aliphatic carboxylic acids is 1. The van der Waals surface area contributed by atoms with Gasteiger partial charge in [-0.05, 0) is 12.8 Å². The first-order chi connectivity index (χ1) is 10.2. The van der Waals surface area contributed by atoms with Crippen LogP contribution in [0.2, 0.25) is 0 Å². The molecular weight excluding hydrogens is 292 g/mol. The van der Waals surface area contributed by atoms with Gasteiger partial charge in [-0.3, -0.25) is 14.4 Å². The van der Waals surface area contributed by atoms with Crippen LogP contribution in [-0.2, 0) is 19.2 Å². The van der Waals surface area contributed by atoms with Gasteiger partial charge >= 0.3 is 5.97 Å². The molecule has 0 fully saturated rings. The maximum atomic E-state index is 11.6. The van der Waals surface area contributed by atoms with Crippen molar-refractivity contribution in [3.63, 3.8) is 0 Å². The van der Waals surface area contributed by atoms with Gasteiger partial charge in [0.05, 0.1) is 19.1 Å². The van der Waals surface area contributed by atoms with Gasteiger partial charge in [0.15, 0.2) is 0 Å². The Kier molecular flexibility index (Phi) is 8.76. The second-order valence-corrected chi connectivity index (χ2v) is 5.05. The number of hydrogen-bond acceptors (Lipinski definition) is 5. The van der Waals surface area contributed by atoms with Crippen molar-refractivity contribution >= 4 is 23.7 Å². The van der Waals surface area contributed by atoms with Gasteiger partial charge in [-0.15, -0.1) is 0 Å². The average molecular weight is 316 g/mol. The fourth-order valence-electron chi connectivity index (χ4n) is 1.48. The van der Waals surface area contributed by atoms with Crippen LogP contribution in [0, 0.1) is 5.92 Å². The summed E-state index contributed by atoms with van der Waals surface area (Å²) in [6.45, 7) is 4.33. The van der Waals surface area contributed by atoms with Crippen molar-refractivity contribution in [3.8, 4) is 0 Å². The quantitative estimate of drug-likeness (QED) is 0.338.